The van der Waals surface area contributed by atoms with E-state index in [0.717, 1.165) is 55.5 Å². The first-order valence-corrected chi connectivity index (χ1v) is 40.3. The molecule has 0 saturated carbocycles. The van der Waals surface area contributed by atoms with Gasteiger partial charge in [0.15, 0.2) is 22.8 Å². The van der Waals surface area contributed by atoms with Crippen molar-refractivity contribution in [2.24, 2.45) is 4.99 Å². The summed E-state index contributed by atoms with van der Waals surface area (Å²) in [7, 11) is 0. The highest BCUT2D eigenvalue weighted by Gasteiger charge is 2.48. The molecule has 510 valence electrons. The topological polar surface area (TPSA) is 25.1 Å². The third-order valence-corrected chi connectivity index (χ3v) is 26.0. The lowest BCUT2D eigenvalue weighted by atomic mass is 9.78. The van der Waals surface area contributed by atoms with Gasteiger partial charge in [0.1, 0.15) is 6.54 Å². The molecule has 0 saturated heterocycles. The first-order chi connectivity index (χ1) is 49.1. The van der Waals surface area contributed by atoms with Crippen molar-refractivity contribution in [3.05, 3.63) is 298 Å². The minimum Gasteiger partial charge on any atom is -0.344 e. The van der Waals surface area contributed by atoms with Crippen molar-refractivity contribution < 1.29 is 4.58 Å². The lowest BCUT2D eigenvalue weighted by Crippen LogP contribution is -2.28. The molecule has 0 spiro atoms. The van der Waals surface area contributed by atoms with Crippen molar-refractivity contribution >= 4 is 174 Å². The maximum Gasteiger partial charge on any atom is 0.240 e. The molecule has 2 aliphatic carbocycles. The van der Waals surface area contributed by atoms with Crippen LogP contribution in [0, 0.1) is 0 Å². The van der Waals surface area contributed by atoms with Crippen LogP contribution < -0.4 is 14.7 Å². The molecule has 1 unspecified atom stereocenters. The molecule has 0 aromatic heterocycles. The van der Waals surface area contributed by atoms with Crippen LogP contribution in [0.1, 0.15) is 134 Å². The zero-order chi connectivity index (χ0) is 71.1. The number of nitrogens with zero attached hydrogens (tertiary/aromatic N) is 5. The summed E-state index contributed by atoms with van der Waals surface area (Å²) in [5.41, 5.74) is 24.6. The van der Waals surface area contributed by atoms with Gasteiger partial charge in [-0.15, -0.1) is 0 Å². The van der Waals surface area contributed by atoms with Crippen molar-refractivity contribution in [2.75, 3.05) is 53.2 Å². The van der Waals surface area contributed by atoms with E-state index in [2.05, 4.69) is 385 Å². The van der Waals surface area contributed by atoms with Gasteiger partial charge in [0.25, 0.3) is 0 Å². The number of hydrogen-bond donors (Lipinski definition) is 0. The van der Waals surface area contributed by atoms with Crippen LogP contribution in [-0.2, 0) is 33.0 Å². The van der Waals surface area contributed by atoms with Crippen molar-refractivity contribution in [2.45, 2.75) is 111 Å². The summed E-state index contributed by atoms with van der Waals surface area (Å²) in [5.74, 6) is 0.662. The number of likely N-dealkylation sites (N-methyl/N-ethyl adjacent to an activating group) is 3. The van der Waals surface area contributed by atoms with E-state index in [-0.39, 0.29) is 27.6 Å². The molecule has 6 aliphatic rings. The lowest BCUT2D eigenvalue weighted by molar-refractivity contribution is -0.433. The Labute approximate surface area is 639 Å². The molecule has 102 heavy (non-hydrogen) atoms. The number of hydrogen-bond acceptors (Lipinski definition) is 4. The Morgan fingerprint density at radius 1 is 0.431 bits per heavy atom. The number of halogens is 4. The normalized spacial score (nSPS) is 21.4. The Kier molecular flexibility index (Phi) is 17.5. The molecular formula is C92H85Br4N5S+2. The Morgan fingerprint density at radius 2 is 0.824 bits per heavy atom. The smallest absolute Gasteiger partial charge is 0.240 e. The summed E-state index contributed by atoms with van der Waals surface area (Å²) in [6.45, 7) is 32.5. The van der Waals surface area contributed by atoms with E-state index in [4.69, 9.17) is 4.99 Å². The predicted molar refractivity (Wildman–Crippen MR) is 456 cm³/mol. The molecule has 5 nitrogen and oxygen atoms in total. The average molecular weight is 1610 g/mol. The van der Waals surface area contributed by atoms with Crippen molar-refractivity contribution in [3.8, 4) is 0 Å². The first-order valence-electron chi connectivity index (χ1n) is 36.2. The Bertz CT molecular complexity index is 5440. The van der Waals surface area contributed by atoms with E-state index < -0.39 is 0 Å². The second-order valence-electron chi connectivity index (χ2n) is 30.0. The van der Waals surface area contributed by atoms with Crippen LogP contribution in [0.4, 0.5) is 22.7 Å². The lowest BCUT2D eigenvalue weighted by Gasteiger charge is -2.26. The average Bonchev–Trinajstić information content (AvgIpc) is 1.58. The second-order valence-corrected chi connectivity index (χ2v) is 34.7. The molecule has 4 heterocycles. The summed E-state index contributed by atoms with van der Waals surface area (Å²) in [4.78, 5) is 14.9. The van der Waals surface area contributed by atoms with Crippen LogP contribution in [0.2, 0.25) is 0 Å². The minimum absolute atomic E-state index is 0.0987. The van der Waals surface area contributed by atoms with Gasteiger partial charge in [-0.25, -0.2) is 0 Å². The maximum absolute atomic E-state index is 5.99. The van der Waals surface area contributed by atoms with E-state index in [1.54, 1.807) is 0 Å². The van der Waals surface area contributed by atoms with Gasteiger partial charge in [-0.2, -0.15) is 4.58 Å². The standard InChI is InChI=1S/C92H85Br4N5S/c1-13-98-75-41-25-55-51-59(93)29-33-63(55)83(75)89(5,6)79(98)45-37-71-67-21-17-18-22-68(67)72(38-46-80-90(7,8)84-64-34-30-60(94)52-56(64)26-42-76(84)99(80)14-2)87(71)97-49-50-102-88-73(39-47-81-91(9,10)85-65-35-31-61(95)53-57(65)27-43-77(85)100(81)15-3)69-23-19-20-24-70(69)74(88)40-48-82-92(11,12)86-66-36-32-62(96)54-58(66)28-44-78(86)101(82)16-4/h17-48,51-54,71H,13-16,49-50H2,1-12H3/q+2/b45-37+,72-38?,73-39-,74-40+,80-46?,81-47?,82-48?,97-87?. The highest BCUT2D eigenvalue weighted by Crippen LogP contribution is 2.56. The van der Waals surface area contributed by atoms with Gasteiger partial charge in [-0.05, 0) is 227 Å². The van der Waals surface area contributed by atoms with Crippen molar-refractivity contribution in [3.63, 3.8) is 0 Å². The van der Waals surface area contributed by atoms with Crippen LogP contribution in [0.5, 0.6) is 0 Å². The van der Waals surface area contributed by atoms with E-state index in [0.29, 0.717) is 6.54 Å². The van der Waals surface area contributed by atoms with E-state index >= 15 is 0 Å². The Hall–Kier alpha value is -7.83. The maximum atomic E-state index is 5.99. The van der Waals surface area contributed by atoms with Crippen LogP contribution in [0.3, 0.4) is 0 Å². The third kappa shape index (κ3) is 10.9. The quantitative estimate of drug-likeness (QED) is 0.0401. The monoisotopic (exact) mass is 1610 g/mol. The summed E-state index contributed by atoms with van der Waals surface area (Å²) in [6.07, 6.45) is 19.6. The van der Waals surface area contributed by atoms with Crippen molar-refractivity contribution in [1.82, 2.24) is 0 Å². The number of anilines is 3. The molecule has 0 N–H and O–H groups in total. The van der Waals surface area contributed by atoms with Gasteiger partial charge in [0, 0.05) is 128 Å². The van der Waals surface area contributed by atoms with Crippen LogP contribution >= 0.6 is 63.7 Å². The predicted octanol–water partition coefficient (Wildman–Crippen LogP) is 24.8. The van der Waals surface area contributed by atoms with Gasteiger partial charge in [0.2, 0.25) is 10.6 Å². The van der Waals surface area contributed by atoms with Crippen molar-refractivity contribution in [1.29, 1.82) is 0 Å². The summed E-state index contributed by atoms with van der Waals surface area (Å²) < 4.78 is 6.92. The number of aliphatic imine (C=N–C) groups is 1. The van der Waals surface area contributed by atoms with Gasteiger partial charge >= 0.3 is 0 Å². The highest BCUT2D eigenvalue weighted by atomic mass is 79.9. The highest BCUT2D eigenvalue weighted by molar-refractivity contribution is 9.11. The van der Waals surface area contributed by atoms with E-state index in [9.17, 15) is 0 Å². The number of fused-ring (bicyclic) bond motifs is 14. The second kappa shape index (κ2) is 26.1. The molecule has 0 amide bonds. The molecule has 16 rings (SSSR count). The van der Waals surface area contributed by atoms with Gasteiger partial charge in [-0.1, -0.05) is 208 Å². The van der Waals surface area contributed by atoms with Gasteiger partial charge in [0.05, 0.1) is 17.7 Å². The largest absolute Gasteiger partial charge is 0.344 e. The summed E-state index contributed by atoms with van der Waals surface area (Å²) in [6, 6.07) is 63.7. The van der Waals surface area contributed by atoms with Gasteiger partial charge < -0.3 is 14.7 Å². The molecule has 1 atom stereocenters. The number of benzene rings is 10. The molecule has 0 bridgehead atoms. The van der Waals surface area contributed by atoms with E-state index in [1.807, 2.05) is 11.4 Å². The molecular weight excluding hydrogens is 1530 g/mol. The molecule has 4 aliphatic heterocycles. The zero-order valence-corrected chi connectivity index (χ0v) is 67.4. The fourth-order valence-electron chi connectivity index (χ4n) is 18.5. The molecule has 0 fully saturated rings. The number of rotatable bonds is 12. The third-order valence-electron chi connectivity index (χ3n) is 22.9. The Balaban J connectivity index is 0.851. The molecule has 10 aromatic carbocycles. The SMILES string of the molecule is CCN1C(=CC=C2C(=NCC[S+]=C3/C(=C\C=C4N(CC)c5ccc6cc(Br)ccc6c5C4(C)C)c4ccccc4/C3=C\C=C3N(CC)c4ccc5cc(Br)ccc5c4C3(C)C)C(/C=C/C3=[N+](CC)c4ccc5cc(Br)ccc5c4C3(C)C)c3ccccc32)C(C)(C)c2c1ccc1cc(Br)ccc21. The molecule has 10 heteroatoms. The number of allylic oxidation sites excluding steroid dienone is 14. The summed E-state index contributed by atoms with van der Waals surface area (Å²) in [5, 5.41) is 10.2. The van der Waals surface area contributed by atoms with Crippen LogP contribution in [-0.4, -0.2) is 59.3 Å². The fraction of sp³-hybridized carbons (Fsp3) is 0.250. The minimum atomic E-state index is -0.278. The first kappa shape index (κ1) is 68.6. The summed E-state index contributed by atoms with van der Waals surface area (Å²) >= 11 is 17.1. The fourth-order valence-corrected chi connectivity index (χ4v) is 21.0. The zero-order valence-electron chi connectivity index (χ0n) is 60.3. The van der Waals surface area contributed by atoms with E-state index in [1.165, 1.54) is 155 Å². The van der Waals surface area contributed by atoms with Crippen LogP contribution in [0.15, 0.2) is 258 Å². The Morgan fingerprint density at radius 3 is 1.25 bits per heavy atom. The molecule has 10 aromatic rings. The van der Waals surface area contributed by atoms with Gasteiger partial charge in [-0.3, -0.25) is 4.99 Å². The molecule has 0 radical (unpaired) electrons. The van der Waals surface area contributed by atoms with Crippen LogP contribution in [0.25, 0.3) is 59.8 Å².